The van der Waals surface area contributed by atoms with E-state index in [0.29, 0.717) is 27.9 Å². The number of rotatable bonds is 10. The van der Waals surface area contributed by atoms with Gasteiger partial charge in [0.25, 0.3) is 15.7 Å². The van der Waals surface area contributed by atoms with Crippen LogP contribution in [-0.2, 0) is 38.0 Å². The Balaban J connectivity index is 2.75. The van der Waals surface area contributed by atoms with Gasteiger partial charge >= 0.3 is 6.18 Å². The number of aromatic nitrogens is 1. The van der Waals surface area contributed by atoms with Gasteiger partial charge in [-0.2, -0.15) is 26.7 Å². The predicted octanol–water partition coefficient (Wildman–Crippen LogP) is 4.60. The second-order valence-corrected chi connectivity index (χ2v) is 8.71. The molecule has 1 aromatic heterocycles. The lowest BCUT2D eigenvalue weighted by Gasteiger charge is -2.19. The Morgan fingerprint density at radius 1 is 1.24 bits per heavy atom. The molecule has 0 aliphatic heterocycles. The Bertz CT molecular complexity index is 1180. The normalized spacial score (nSPS) is 12.5. The highest BCUT2D eigenvalue weighted by Gasteiger charge is 2.41. The molecule has 0 saturated heterocycles. The molecule has 33 heavy (non-hydrogen) atoms. The smallest absolute Gasteiger partial charge is 0.419 e. The van der Waals surface area contributed by atoms with Crippen molar-refractivity contribution in [3.8, 4) is 5.88 Å². The molecule has 182 valence electrons. The number of hydrogen-bond donors (Lipinski definition) is 3. The Morgan fingerprint density at radius 3 is 2.52 bits per heavy atom. The third-order valence-corrected chi connectivity index (χ3v) is 5.33. The molecule has 2 rings (SSSR count). The van der Waals surface area contributed by atoms with E-state index in [4.69, 9.17) is 9.81 Å². The molecule has 3 N–H and O–H groups in total. The molecule has 16 heteroatoms. The van der Waals surface area contributed by atoms with Crippen molar-refractivity contribution in [1.29, 1.82) is 0 Å². The summed E-state index contributed by atoms with van der Waals surface area (Å²) in [6.07, 6.45) is -4.55. The number of alkyl halides is 3. The van der Waals surface area contributed by atoms with Crippen LogP contribution in [0.15, 0.2) is 44.2 Å². The van der Waals surface area contributed by atoms with Crippen LogP contribution in [0.25, 0.3) is 0 Å². The molecule has 0 radical (unpaired) electrons. The van der Waals surface area contributed by atoms with Crippen molar-refractivity contribution in [3.05, 3.63) is 45.7 Å². The summed E-state index contributed by atoms with van der Waals surface area (Å²) in [6.45, 7) is 1.49. The molecule has 2 aromatic rings. The number of benzene rings is 1. The maximum atomic E-state index is 13.9. The third-order valence-electron chi connectivity index (χ3n) is 4.10. The Labute approximate surface area is 189 Å². The van der Waals surface area contributed by atoms with Crippen LogP contribution < -0.4 is 5.56 Å². The highest BCUT2D eigenvalue weighted by atomic mass is 32.2. The first kappa shape index (κ1) is 26.7. The molecule has 0 saturated carbocycles. The lowest BCUT2D eigenvalue weighted by atomic mass is 10.1. The molecule has 11 nitrogen and oxygen atoms in total. The number of halogens is 3. The number of unbranched alkanes of at least 4 members (excludes halogenated alkanes) is 1. The van der Waals surface area contributed by atoms with Gasteiger partial charge in [-0.1, -0.05) is 24.4 Å². The Kier molecular flexibility index (Phi) is 8.98. The quantitative estimate of drug-likeness (QED) is 0.136. The van der Waals surface area contributed by atoms with E-state index in [2.05, 4.69) is 19.6 Å². The van der Waals surface area contributed by atoms with Gasteiger partial charge in [0.2, 0.25) is 0 Å². The van der Waals surface area contributed by atoms with E-state index in [1.54, 1.807) is 6.92 Å². The van der Waals surface area contributed by atoms with Crippen LogP contribution in [0.1, 0.15) is 30.9 Å². The van der Waals surface area contributed by atoms with Gasteiger partial charge in [-0.25, -0.2) is 5.26 Å². The molecule has 0 unspecified atom stereocenters. The largest absolute Gasteiger partial charge is 0.494 e. The number of nitrogens with zero attached hydrogens (tertiary/aromatic N) is 3. The highest BCUT2D eigenvalue weighted by Crippen LogP contribution is 2.41. The van der Waals surface area contributed by atoms with E-state index in [9.17, 15) is 31.5 Å². The van der Waals surface area contributed by atoms with Crippen molar-refractivity contribution in [2.45, 2.75) is 43.1 Å². The van der Waals surface area contributed by atoms with Gasteiger partial charge in [0.15, 0.2) is 11.6 Å². The first-order valence-corrected chi connectivity index (χ1v) is 11.4. The van der Waals surface area contributed by atoms with Gasteiger partial charge in [0, 0.05) is 17.0 Å². The van der Waals surface area contributed by atoms with Gasteiger partial charge < -0.3 is 5.11 Å². The standard InChI is InChI=1S/C17H18F3N3O8S2/c1-2-3-7-23-15(24)12(9-33(27,28)29)13(17(18,19)20)14(16(23)25)22-21-10-5-4-6-11(8-10)32-31-30-26/h4-6,8,24,26H,2-3,7,9H2,1H3,(H,27,28,29). The SMILES string of the molecule is CCCCn1c(O)c(CS(=O)(=O)O)c(C(F)(F)F)c(N=Nc2cccc(SOOO)c2)c1=O. The average Bonchev–Trinajstić information content (AvgIpc) is 2.71. The summed E-state index contributed by atoms with van der Waals surface area (Å²) in [7, 11) is -5.03. The number of hydrogen-bond acceptors (Lipinski definition) is 10. The lowest BCUT2D eigenvalue weighted by molar-refractivity contribution is -0.432. The van der Waals surface area contributed by atoms with Gasteiger partial charge in [0.1, 0.15) is 5.75 Å². The van der Waals surface area contributed by atoms with Crippen LogP contribution in [0.4, 0.5) is 24.5 Å². The predicted molar refractivity (Wildman–Crippen MR) is 109 cm³/mol. The fourth-order valence-electron chi connectivity index (χ4n) is 2.75. The van der Waals surface area contributed by atoms with Crippen molar-refractivity contribution in [3.63, 3.8) is 0 Å². The summed E-state index contributed by atoms with van der Waals surface area (Å²) in [6, 6.07) is 5.50. The van der Waals surface area contributed by atoms with Crippen molar-refractivity contribution in [1.82, 2.24) is 4.57 Å². The monoisotopic (exact) mass is 513 g/mol. The van der Waals surface area contributed by atoms with E-state index < -0.39 is 50.3 Å². The van der Waals surface area contributed by atoms with Crippen LogP contribution >= 0.6 is 12.0 Å². The maximum Gasteiger partial charge on any atom is 0.419 e. The molecular formula is C17H18F3N3O8S2. The fraction of sp³-hybridized carbons (Fsp3) is 0.353. The molecule has 0 aliphatic carbocycles. The molecule has 1 aromatic carbocycles. The fourth-order valence-corrected chi connectivity index (χ4v) is 3.80. The highest BCUT2D eigenvalue weighted by molar-refractivity contribution is 7.94. The number of aromatic hydroxyl groups is 1. The topological polar surface area (TPSA) is 160 Å². The van der Waals surface area contributed by atoms with Crippen LogP contribution in [0.3, 0.4) is 0 Å². The summed E-state index contributed by atoms with van der Waals surface area (Å²) in [5, 5.41) is 29.0. The van der Waals surface area contributed by atoms with Crippen LogP contribution in [0, 0.1) is 0 Å². The molecule has 0 fully saturated rings. The summed E-state index contributed by atoms with van der Waals surface area (Å²) in [5.74, 6) is -2.84. The summed E-state index contributed by atoms with van der Waals surface area (Å²) in [5.41, 5.74) is -5.70. The van der Waals surface area contributed by atoms with Gasteiger partial charge in [-0.15, -0.1) is 9.45 Å². The van der Waals surface area contributed by atoms with Gasteiger partial charge in [-0.05, 0) is 24.6 Å². The minimum Gasteiger partial charge on any atom is -0.494 e. The number of pyridine rings is 1. The maximum absolute atomic E-state index is 13.9. The molecular weight excluding hydrogens is 495 g/mol. The zero-order valence-electron chi connectivity index (χ0n) is 16.8. The van der Waals surface area contributed by atoms with Gasteiger partial charge in [-0.3, -0.25) is 13.9 Å². The van der Waals surface area contributed by atoms with Crippen LogP contribution in [-0.4, -0.2) is 27.9 Å². The zero-order valence-corrected chi connectivity index (χ0v) is 18.4. The van der Waals surface area contributed by atoms with E-state index in [1.807, 2.05) is 0 Å². The third kappa shape index (κ3) is 7.24. The molecule has 0 atom stereocenters. The minimum absolute atomic E-state index is 0.0291. The number of azo groups is 1. The first-order chi connectivity index (χ1) is 15.4. The first-order valence-electron chi connectivity index (χ1n) is 9.06. The van der Waals surface area contributed by atoms with Crippen LogP contribution in [0.2, 0.25) is 0 Å². The van der Waals surface area contributed by atoms with E-state index >= 15 is 0 Å². The van der Waals surface area contributed by atoms with Gasteiger partial charge in [0.05, 0.1) is 23.3 Å². The molecule has 1 heterocycles. The average molecular weight is 513 g/mol. The van der Waals surface area contributed by atoms with Crippen molar-refractivity contribution >= 4 is 33.5 Å². The van der Waals surface area contributed by atoms with E-state index in [-0.39, 0.29) is 18.7 Å². The second-order valence-electron chi connectivity index (χ2n) is 6.48. The summed E-state index contributed by atoms with van der Waals surface area (Å²) < 4.78 is 78.2. The Morgan fingerprint density at radius 2 is 1.94 bits per heavy atom. The Hall–Kier alpha value is -2.50. The lowest BCUT2D eigenvalue weighted by Crippen LogP contribution is -2.26. The zero-order chi connectivity index (χ0) is 24.8. The van der Waals surface area contributed by atoms with Crippen molar-refractivity contribution in [2.24, 2.45) is 10.2 Å². The summed E-state index contributed by atoms with van der Waals surface area (Å²) >= 11 is 0.542. The van der Waals surface area contributed by atoms with E-state index in [1.165, 1.54) is 24.3 Å². The second kappa shape index (κ2) is 11.1. The summed E-state index contributed by atoms with van der Waals surface area (Å²) in [4.78, 5) is 13.1. The van der Waals surface area contributed by atoms with Crippen molar-refractivity contribution < 1.29 is 45.9 Å². The molecule has 0 bridgehead atoms. The van der Waals surface area contributed by atoms with Crippen molar-refractivity contribution in [2.75, 3.05) is 0 Å². The molecule has 0 spiro atoms. The van der Waals surface area contributed by atoms with Crippen LogP contribution in [0.5, 0.6) is 5.88 Å². The molecule has 0 amide bonds. The van der Waals surface area contributed by atoms with E-state index in [0.717, 1.165) is 0 Å². The minimum atomic E-state index is -5.32. The molecule has 0 aliphatic rings.